The monoisotopic (exact) mass is 549 g/mol. The van der Waals surface area contributed by atoms with Crippen molar-refractivity contribution < 1.29 is 14.3 Å². The Bertz CT molecular complexity index is 1570. The molecule has 0 atom stereocenters. The second-order valence-corrected chi connectivity index (χ2v) is 10.8. The smallest absolute Gasteiger partial charge is 0.259 e. The Morgan fingerprint density at radius 2 is 1.97 bits per heavy atom. The molecule has 194 valence electrons. The number of piperazine rings is 1. The first-order chi connectivity index (χ1) is 18.4. The molecular formula is C26H24ClN7O3S. The van der Waals surface area contributed by atoms with Gasteiger partial charge in [-0.25, -0.2) is 15.0 Å². The van der Waals surface area contributed by atoms with Crippen molar-refractivity contribution in [1.29, 1.82) is 0 Å². The van der Waals surface area contributed by atoms with Crippen LogP contribution in [0.3, 0.4) is 0 Å². The molecule has 38 heavy (non-hydrogen) atoms. The van der Waals surface area contributed by atoms with Crippen molar-refractivity contribution in [3.8, 4) is 16.9 Å². The molecule has 1 aromatic carbocycles. The Labute approximate surface area is 227 Å². The van der Waals surface area contributed by atoms with Gasteiger partial charge in [0, 0.05) is 41.4 Å². The number of ether oxygens (including phenoxy) is 1. The SMILES string of the molecule is COc1ccc(Cl)cc1-c1cc(N2CCN(C)CC2=O)ncc1C(=O)Nc1nc2ncc(C3CC3)nc2s1. The normalized spacial score (nSPS) is 16.2. The molecule has 2 amide bonds. The van der Waals surface area contributed by atoms with Gasteiger partial charge in [-0.1, -0.05) is 22.9 Å². The van der Waals surface area contributed by atoms with Gasteiger partial charge in [-0.3, -0.25) is 24.7 Å². The molecule has 1 saturated heterocycles. The summed E-state index contributed by atoms with van der Waals surface area (Å²) in [4.78, 5) is 48.6. The van der Waals surface area contributed by atoms with E-state index in [0.717, 1.165) is 18.5 Å². The molecule has 0 unspecified atom stereocenters. The van der Waals surface area contributed by atoms with Crippen molar-refractivity contribution >= 4 is 56.2 Å². The number of halogens is 1. The van der Waals surface area contributed by atoms with Gasteiger partial charge in [-0.05, 0) is 44.2 Å². The molecular weight excluding hydrogens is 526 g/mol. The van der Waals surface area contributed by atoms with E-state index in [0.29, 0.717) is 68.9 Å². The van der Waals surface area contributed by atoms with Gasteiger partial charge >= 0.3 is 0 Å². The summed E-state index contributed by atoms with van der Waals surface area (Å²) >= 11 is 7.61. The lowest BCUT2D eigenvalue weighted by atomic mass is 9.99. The van der Waals surface area contributed by atoms with Crippen molar-refractivity contribution in [3.05, 3.63) is 52.9 Å². The van der Waals surface area contributed by atoms with Crippen LogP contribution in [0.5, 0.6) is 5.75 Å². The first kappa shape index (κ1) is 24.7. The Hall–Kier alpha value is -3.67. The Morgan fingerprint density at radius 1 is 1.13 bits per heavy atom. The number of hydrogen-bond donors (Lipinski definition) is 1. The molecule has 2 fully saturated rings. The predicted octanol–water partition coefficient (Wildman–Crippen LogP) is 4.22. The van der Waals surface area contributed by atoms with Crippen LogP contribution in [0.2, 0.25) is 5.02 Å². The maximum atomic E-state index is 13.6. The Balaban J connectivity index is 1.38. The van der Waals surface area contributed by atoms with Crippen LogP contribution in [-0.4, -0.2) is 70.4 Å². The van der Waals surface area contributed by atoms with E-state index in [1.54, 1.807) is 42.5 Å². The third kappa shape index (κ3) is 4.80. The van der Waals surface area contributed by atoms with Crippen molar-refractivity contribution in [2.75, 3.05) is 44.0 Å². The summed E-state index contributed by atoms with van der Waals surface area (Å²) in [7, 11) is 3.45. The van der Waals surface area contributed by atoms with Crippen molar-refractivity contribution in [2.24, 2.45) is 0 Å². The highest BCUT2D eigenvalue weighted by Gasteiger charge is 2.28. The zero-order chi connectivity index (χ0) is 26.4. The quantitative estimate of drug-likeness (QED) is 0.380. The van der Waals surface area contributed by atoms with E-state index in [2.05, 4.69) is 25.3 Å². The van der Waals surface area contributed by atoms with Crippen LogP contribution >= 0.6 is 22.9 Å². The van der Waals surface area contributed by atoms with Gasteiger partial charge in [-0.2, -0.15) is 4.98 Å². The van der Waals surface area contributed by atoms with E-state index in [1.165, 1.54) is 17.5 Å². The second kappa shape index (κ2) is 9.90. The molecule has 10 nitrogen and oxygen atoms in total. The number of fused-ring (bicyclic) bond motifs is 1. The van der Waals surface area contributed by atoms with Crippen LogP contribution in [0.4, 0.5) is 10.9 Å². The van der Waals surface area contributed by atoms with E-state index in [4.69, 9.17) is 16.3 Å². The fraction of sp³-hybridized carbons (Fsp3) is 0.308. The van der Waals surface area contributed by atoms with Gasteiger partial charge in [0.25, 0.3) is 5.91 Å². The number of nitrogens with zero attached hydrogens (tertiary/aromatic N) is 6. The van der Waals surface area contributed by atoms with E-state index >= 15 is 0 Å². The first-order valence-corrected chi connectivity index (χ1v) is 13.4. The van der Waals surface area contributed by atoms with Gasteiger partial charge in [0.15, 0.2) is 15.6 Å². The topological polar surface area (TPSA) is 113 Å². The number of benzene rings is 1. The highest BCUT2D eigenvalue weighted by Crippen LogP contribution is 2.40. The number of hydrogen-bond acceptors (Lipinski definition) is 9. The number of amides is 2. The summed E-state index contributed by atoms with van der Waals surface area (Å²) in [5, 5.41) is 3.75. The van der Waals surface area contributed by atoms with Gasteiger partial charge < -0.3 is 4.74 Å². The number of rotatable bonds is 6. The van der Waals surface area contributed by atoms with E-state index in [-0.39, 0.29) is 11.5 Å². The van der Waals surface area contributed by atoms with Crippen molar-refractivity contribution in [3.63, 3.8) is 0 Å². The van der Waals surface area contributed by atoms with Gasteiger partial charge in [0.1, 0.15) is 11.6 Å². The summed E-state index contributed by atoms with van der Waals surface area (Å²) in [5.74, 6) is 0.989. The van der Waals surface area contributed by atoms with Crippen LogP contribution in [-0.2, 0) is 4.79 Å². The first-order valence-electron chi connectivity index (χ1n) is 12.2. The van der Waals surface area contributed by atoms with E-state index in [9.17, 15) is 9.59 Å². The molecule has 1 aliphatic heterocycles. The Kier molecular flexibility index (Phi) is 6.42. The third-order valence-corrected chi connectivity index (χ3v) is 7.72. The van der Waals surface area contributed by atoms with E-state index < -0.39 is 5.91 Å². The fourth-order valence-corrected chi connectivity index (χ4v) is 5.42. The summed E-state index contributed by atoms with van der Waals surface area (Å²) in [5.41, 5.74) is 2.89. The van der Waals surface area contributed by atoms with Crippen molar-refractivity contribution in [2.45, 2.75) is 18.8 Å². The number of methoxy groups -OCH3 is 1. The highest BCUT2D eigenvalue weighted by molar-refractivity contribution is 7.21. The van der Waals surface area contributed by atoms with Crippen LogP contribution in [0.15, 0.2) is 36.7 Å². The predicted molar refractivity (Wildman–Crippen MR) is 146 cm³/mol. The molecule has 1 saturated carbocycles. The van der Waals surface area contributed by atoms with Crippen molar-refractivity contribution in [1.82, 2.24) is 24.8 Å². The summed E-state index contributed by atoms with van der Waals surface area (Å²) in [6.07, 6.45) is 5.49. The molecule has 2 aliphatic rings. The summed E-state index contributed by atoms with van der Waals surface area (Å²) < 4.78 is 5.58. The van der Waals surface area contributed by atoms with Gasteiger partial charge in [0.05, 0.1) is 31.1 Å². The number of nitrogens with one attached hydrogen (secondary N) is 1. The van der Waals surface area contributed by atoms with Gasteiger partial charge in [0.2, 0.25) is 5.91 Å². The summed E-state index contributed by atoms with van der Waals surface area (Å²) in [6.45, 7) is 1.50. The van der Waals surface area contributed by atoms with Crippen LogP contribution < -0.4 is 15.0 Å². The maximum Gasteiger partial charge on any atom is 0.259 e. The molecule has 6 rings (SSSR count). The second-order valence-electron chi connectivity index (χ2n) is 9.39. The lowest BCUT2D eigenvalue weighted by molar-refractivity contribution is -0.120. The van der Waals surface area contributed by atoms with Crippen LogP contribution in [0.25, 0.3) is 21.6 Å². The average Bonchev–Trinajstić information content (AvgIpc) is 3.68. The average molecular weight is 550 g/mol. The molecule has 0 radical (unpaired) electrons. The molecule has 3 aromatic heterocycles. The number of thiazole rings is 1. The van der Waals surface area contributed by atoms with Crippen LogP contribution in [0, 0.1) is 0 Å². The molecule has 12 heteroatoms. The number of anilines is 2. The lowest BCUT2D eigenvalue weighted by Gasteiger charge is -2.31. The largest absolute Gasteiger partial charge is 0.496 e. The minimum atomic E-state index is -0.410. The zero-order valence-electron chi connectivity index (χ0n) is 20.8. The number of carbonyl (C=O) groups excluding carboxylic acids is 2. The minimum Gasteiger partial charge on any atom is -0.496 e. The molecule has 0 bridgehead atoms. The molecule has 1 aliphatic carbocycles. The standard InChI is InChI=1S/C26H24ClN7O3S/c1-33-7-8-34(22(35)13-33)21-10-16(17-9-15(27)5-6-20(17)37-2)18(11-28-21)24(36)32-26-31-23-25(38-26)30-19(12-29-23)14-3-4-14/h5-6,9-12,14H,3-4,7-8,13H2,1-2H3,(H,29,31,32,36). The number of carbonyl (C=O) groups is 2. The van der Waals surface area contributed by atoms with Crippen LogP contribution in [0.1, 0.15) is 34.8 Å². The highest BCUT2D eigenvalue weighted by atomic mass is 35.5. The minimum absolute atomic E-state index is 0.0625. The number of pyridine rings is 1. The fourth-order valence-electron chi connectivity index (χ4n) is 4.45. The third-order valence-electron chi connectivity index (χ3n) is 6.63. The number of aromatic nitrogens is 4. The van der Waals surface area contributed by atoms with E-state index in [1.807, 2.05) is 11.9 Å². The summed E-state index contributed by atoms with van der Waals surface area (Å²) in [6, 6.07) is 6.91. The molecule has 4 heterocycles. The number of likely N-dealkylation sites (N-methyl/N-ethyl adjacent to an activating group) is 1. The molecule has 4 aromatic rings. The molecule has 1 N–H and O–H groups in total. The lowest BCUT2D eigenvalue weighted by Crippen LogP contribution is -2.49. The van der Waals surface area contributed by atoms with Gasteiger partial charge in [-0.15, -0.1) is 0 Å². The zero-order valence-corrected chi connectivity index (χ0v) is 22.3. The molecule has 0 spiro atoms. The maximum absolute atomic E-state index is 13.6. The Morgan fingerprint density at radius 3 is 2.74 bits per heavy atom.